The van der Waals surface area contributed by atoms with Crippen molar-refractivity contribution in [2.24, 2.45) is 11.1 Å². The molecule has 68 valence electrons. The van der Waals surface area contributed by atoms with Crippen LogP contribution in [0.4, 0.5) is 0 Å². The van der Waals surface area contributed by atoms with E-state index in [4.69, 9.17) is 10.8 Å². The van der Waals surface area contributed by atoms with Gasteiger partial charge in [-0.25, -0.2) is 0 Å². The zero-order valence-electron chi connectivity index (χ0n) is 6.66. The number of carbonyl (C=O) groups excluding carboxylic acids is 1. The molecule has 0 radical (unpaired) electrons. The Morgan fingerprint density at radius 2 is 2.18 bits per heavy atom. The van der Waals surface area contributed by atoms with Gasteiger partial charge in [-0.2, -0.15) is 0 Å². The maximum Gasteiger partial charge on any atom is 0.315 e. The van der Waals surface area contributed by atoms with Crippen molar-refractivity contribution in [3.8, 4) is 0 Å². The van der Waals surface area contributed by atoms with E-state index in [1.54, 1.807) is 6.92 Å². The van der Waals surface area contributed by atoms with Crippen LogP contribution in [-0.4, -0.2) is 31.3 Å². The molecular formula is C6H14ClNO3. The lowest BCUT2D eigenvalue weighted by molar-refractivity contribution is -0.153. The summed E-state index contributed by atoms with van der Waals surface area (Å²) < 4.78 is 4.42. The molecule has 5 heteroatoms. The number of methoxy groups -OCH3 is 1. The summed E-state index contributed by atoms with van der Waals surface area (Å²) in [5, 5.41) is 8.71. The van der Waals surface area contributed by atoms with Gasteiger partial charge in [0.05, 0.1) is 13.7 Å². The summed E-state index contributed by atoms with van der Waals surface area (Å²) >= 11 is 0. The average Bonchev–Trinajstić information content (AvgIpc) is 2.01. The zero-order valence-corrected chi connectivity index (χ0v) is 7.48. The molecule has 0 saturated heterocycles. The van der Waals surface area contributed by atoms with E-state index in [-0.39, 0.29) is 25.6 Å². The Kier molecular flexibility index (Phi) is 6.46. The number of ether oxygens (including phenoxy) is 1. The topological polar surface area (TPSA) is 72.5 Å². The van der Waals surface area contributed by atoms with Gasteiger partial charge in [0.15, 0.2) is 0 Å². The van der Waals surface area contributed by atoms with E-state index in [0.29, 0.717) is 0 Å². The van der Waals surface area contributed by atoms with Crippen LogP contribution in [0, 0.1) is 5.41 Å². The number of aliphatic hydroxyl groups is 1. The number of esters is 1. The Hall–Kier alpha value is -0.320. The summed E-state index contributed by atoms with van der Waals surface area (Å²) in [7, 11) is 1.27. The molecular weight excluding hydrogens is 170 g/mol. The standard InChI is InChI=1S/C6H13NO3.ClH/c1-6(3-7,4-8)5(9)10-2;/h8H,3-4,7H2,1-2H3;1H. The van der Waals surface area contributed by atoms with Crippen LogP contribution in [0.5, 0.6) is 0 Å². The molecule has 1 unspecified atom stereocenters. The van der Waals surface area contributed by atoms with Gasteiger partial charge in [0, 0.05) is 6.54 Å². The van der Waals surface area contributed by atoms with E-state index in [1.165, 1.54) is 7.11 Å². The minimum atomic E-state index is -0.936. The fraction of sp³-hybridized carbons (Fsp3) is 0.833. The van der Waals surface area contributed by atoms with Gasteiger partial charge in [-0.1, -0.05) is 0 Å². The lowest BCUT2D eigenvalue weighted by Gasteiger charge is -2.21. The van der Waals surface area contributed by atoms with Crippen molar-refractivity contribution in [3.63, 3.8) is 0 Å². The maximum absolute atomic E-state index is 10.8. The van der Waals surface area contributed by atoms with E-state index in [2.05, 4.69) is 4.74 Å². The van der Waals surface area contributed by atoms with Crippen molar-refractivity contribution in [1.29, 1.82) is 0 Å². The highest BCUT2D eigenvalue weighted by Gasteiger charge is 2.31. The molecule has 0 aromatic heterocycles. The third-order valence-electron chi connectivity index (χ3n) is 1.48. The van der Waals surface area contributed by atoms with Crippen molar-refractivity contribution in [2.75, 3.05) is 20.3 Å². The molecule has 0 aliphatic heterocycles. The van der Waals surface area contributed by atoms with Crippen LogP contribution >= 0.6 is 12.4 Å². The fourth-order valence-corrected chi connectivity index (χ4v) is 0.459. The zero-order chi connectivity index (χ0) is 8.20. The van der Waals surface area contributed by atoms with E-state index in [1.807, 2.05) is 0 Å². The predicted octanol–water partition coefficient (Wildman–Crippen LogP) is -0.462. The molecule has 0 aromatic rings. The number of carbonyl (C=O) groups is 1. The molecule has 0 saturated carbocycles. The van der Waals surface area contributed by atoms with Crippen LogP contribution in [0.3, 0.4) is 0 Å². The monoisotopic (exact) mass is 183 g/mol. The van der Waals surface area contributed by atoms with Gasteiger partial charge in [0.1, 0.15) is 5.41 Å². The number of aliphatic hydroxyl groups excluding tert-OH is 1. The number of halogens is 1. The van der Waals surface area contributed by atoms with Crippen molar-refractivity contribution >= 4 is 18.4 Å². The molecule has 0 fully saturated rings. The van der Waals surface area contributed by atoms with Gasteiger partial charge in [-0.15, -0.1) is 12.4 Å². The van der Waals surface area contributed by atoms with E-state index in [0.717, 1.165) is 0 Å². The van der Waals surface area contributed by atoms with E-state index < -0.39 is 11.4 Å². The molecule has 0 bridgehead atoms. The summed E-state index contributed by atoms with van der Waals surface area (Å²) in [6.45, 7) is 1.37. The summed E-state index contributed by atoms with van der Waals surface area (Å²) in [5.41, 5.74) is 4.30. The van der Waals surface area contributed by atoms with E-state index >= 15 is 0 Å². The maximum atomic E-state index is 10.8. The number of rotatable bonds is 3. The molecule has 4 nitrogen and oxygen atoms in total. The summed E-state index contributed by atoms with van der Waals surface area (Å²) in [4.78, 5) is 10.8. The number of hydrogen-bond acceptors (Lipinski definition) is 4. The summed E-state index contributed by atoms with van der Waals surface area (Å²) in [5.74, 6) is -0.475. The molecule has 0 amide bonds. The lowest BCUT2D eigenvalue weighted by atomic mass is 9.92. The second-order valence-corrected chi connectivity index (χ2v) is 2.41. The highest BCUT2D eigenvalue weighted by molar-refractivity contribution is 5.85. The van der Waals surface area contributed by atoms with Gasteiger partial charge in [0.25, 0.3) is 0 Å². The fourth-order valence-electron chi connectivity index (χ4n) is 0.459. The minimum absolute atomic E-state index is 0. The van der Waals surface area contributed by atoms with Crippen LogP contribution in [0.2, 0.25) is 0 Å². The molecule has 1 atom stereocenters. The summed E-state index contributed by atoms with van der Waals surface area (Å²) in [6.07, 6.45) is 0. The largest absolute Gasteiger partial charge is 0.468 e. The second kappa shape index (κ2) is 5.35. The first kappa shape index (κ1) is 13.3. The van der Waals surface area contributed by atoms with Gasteiger partial charge < -0.3 is 15.6 Å². The quantitative estimate of drug-likeness (QED) is 0.581. The second-order valence-electron chi connectivity index (χ2n) is 2.41. The van der Waals surface area contributed by atoms with Crippen LogP contribution < -0.4 is 5.73 Å². The summed E-state index contributed by atoms with van der Waals surface area (Å²) in [6, 6.07) is 0. The van der Waals surface area contributed by atoms with Gasteiger partial charge in [-0.05, 0) is 6.92 Å². The number of hydrogen-bond donors (Lipinski definition) is 2. The molecule has 11 heavy (non-hydrogen) atoms. The first-order valence-corrected chi connectivity index (χ1v) is 3.00. The normalized spacial score (nSPS) is 14.5. The van der Waals surface area contributed by atoms with Crippen LogP contribution in [0.15, 0.2) is 0 Å². The smallest absolute Gasteiger partial charge is 0.315 e. The highest BCUT2D eigenvalue weighted by Crippen LogP contribution is 2.14. The Morgan fingerprint density at radius 1 is 1.73 bits per heavy atom. The molecule has 0 aliphatic rings. The van der Waals surface area contributed by atoms with Crippen molar-refractivity contribution < 1.29 is 14.6 Å². The first-order chi connectivity index (χ1) is 4.60. The third kappa shape index (κ3) is 3.05. The highest BCUT2D eigenvalue weighted by atomic mass is 35.5. The Bertz CT molecular complexity index is 125. The molecule has 0 spiro atoms. The first-order valence-electron chi connectivity index (χ1n) is 3.00. The Morgan fingerprint density at radius 3 is 2.27 bits per heavy atom. The average molecular weight is 184 g/mol. The minimum Gasteiger partial charge on any atom is -0.468 e. The SMILES string of the molecule is COC(=O)C(C)(CN)CO.Cl. The lowest BCUT2D eigenvalue weighted by Crippen LogP contribution is -2.39. The molecule has 0 aliphatic carbocycles. The van der Waals surface area contributed by atoms with Crippen molar-refractivity contribution in [1.82, 2.24) is 0 Å². The van der Waals surface area contributed by atoms with Gasteiger partial charge >= 0.3 is 5.97 Å². The van der Waals surface area contributed by atoms with Crippen LogP contribution in [-0.2, 0) is 9.53 Å². The predicted molar refractivity (Wildman–Crippen MR) is 43.5 cm³/mol. The van der Waals surface area contributed by atoms with Crippen LogP contribution in [0.1, 0.15) is 6.92 Å². The van der Waals surface area contributed by atoms with Gasteiger partial charge in [0.2, 0.25) is 0 Å². The molecule has 0 aromatic carbocycles. The van der Waals surface area contributed by atoms with Gasteiger partial charge in [-0.3, -0.25) is 4.79 Å². The Labute approximate surface area is 72.1 Å². The molecule has 3 N–H and O–H groups in total. The third-order valence-corrected chi connectivity index (χ3v) is 1.48. The van der Waals surface area contributed by atoms with Crippen LogP contribution in [0.25, 0.3) is 0 Å². The number of nitrogens with two attached hydrogens (primary N) is 1. The van der Waals surface area contributed by atoms with Crippen molar-refractivity contribution in [3.05, 3.63) is 0 Å². The Balaban J connectivity index is 0. The molecule has 0 heterocycles. The van der Waals surface area contributed by atoms with E-state index in [9.17, 15) is 4.79 Å². The molecule has 0 rings (SSSR count). The van der Waals surface area contributed by atoms with Crippen molar-refractivity contribution in [2.45, 2.75) is 6.92 Å².